The van der Waals surface area contributed by atoms with Crippen LogP contribution in [0.3, 0.4) is 0 Å². The fourth-order valence-corrected chi connectivity index (χ4v) is 9.27. The molecule has 0 aliphatic carbocycles. The Morgan fingerprint density at radius 2 is 1.14 bits per heavy atom. The molecule has 0 aromatic heterocycles. The van der Waals surface area contributed by atoms with Crippen LogP contribution in [0.1, 0.15) is 5.56 Å². The molecule has 0 spiro atoms. The lowest BCUT2D eigenvalue weighted by Crippen LogP contribution is -2.33. The third-order valence-electron chi connectivity index (χ3n) is 3.46. The van der Waals surface area contributed by atoms with E-state index in [1.807, 2.05) is 0 Å². The minimum atomic E-state index is -1.02. The predicted molar refractivity (Wildman–Crippen MR) is 176 cm³/mol. The van der Waals surface area contributed by atoms with Gasteiger partial charge in [-0.2, -0.15) is 0 Å². The van der Waals surface area contributed by atoms with Gasteiger partial charge in [-0.25, -0.2) is 0 Å². The van der Waals surface area contributed by atoms with Crippen LogP contribution in [0, 0.1) is 28.6 Å². The molecule has 2 aromatic rings. The Hall–Kier alpha value is 3.31. The molecule has 0 aliphatic heterocycles. The number of hydrogen-bond acceptors (Lipinski definition) is 4. The van der Waals surface area contributed by atoms with Crippen LogP contribution in [0.5, 0.6) is 17.2 Å². The van der Waals surface area contributed by atoms with E-state index in [2.05, 4.69) is 181 Å². The Balaban J connectivity index is 2.63. The average Bonchev–Trinajstić information content (AvgIpc) is 2.65. The minimum absolute atomic E-state index is 0.252. The Labute approximate surface area is 270 Å². The molecule has 1 unspecified atom stereocenters. The van der Waals surface area contributed by atoms with Gasteiger partial charge in [0.05, 0.1) is 21.4 Å². The van der Waals surface area contributed by atoms with Gasteiger partial charge in [0.25, 0.3) is 0 Å². The zero-order valence-corrected chi connectivity index (χ0v) is 30.4. The molecule has 1 atom stereocenters. The van der Waals surface area contributed by atoms with Crippen molar-refractivity contribution < 1.29 is 19.7 Å². The van der Waals surface area contributed by atoms with E-state index in [9.17, 15) is 9.90 Å². The summed E-state index contributed by atoms with van der Waals surface area (Å²) in [5.41, 5.74) is 6.68. The fraction of sp³-hybridized carbons (Fsp3) is 0.133. The van der Waals surface area contributed by atoms with E-state index in [4.69, 9.17) is 15.6 Å². The summed E-state index contributed by atoms with van der Waals surface area (Å²) >= 11 is 17.5. The van der Waals surface area contributed by atoms with Crippen molar-refractivity contribution >= 4 is 187 Å². The normalized spacial score (nSPS) is 12.2. The summed E-state index contributed by atoms with van der Waals surface area (Å²) in [7, 11) is 0. The third kappa shape index (κ3) is 5.86. The van der Waals surface area contributed by atoms with E-state index < -0.39 is 12.0 Å². The first kappa shape index (κ1) is 27.6. The zero-order valence-electron chi connectivity index (χ0n) is 13.1. The molecule has 2 aromatic carbocycles. The van der Waals surface area contributed by atoms with Crippen LogP contribution in [0.15, 0.2) is 0 Å². The molecule has 0 saturated carbocycles. The number of hydrogen-bond donors (Lipinski definition) is 3. The van der Waals surface area contributed by atoms with E-state index in [1.54, 1.807) is 0 Å². The van der Waals surface area contributed by atoms with Crippen LogP contribution >= 0.6 is 181 Å². The summed E-state index contributed by atoms with van der Waals surface area (Å²) in [6.45, 7) is 0. The monoisotopic (exact) mass is 1280 g/mol. The van der Waals surface area contributed by atoms with Gasteiger partial charge in [0.1, 0.15) is 11.8 Å². The van der Waals surface area contributed by atoms with E-state index in [0.29, 0.717) is 5.75 Å². The van der Waals surface area contributed by atoms with Gasteiger partial charge in [-0.1, -0.05) is 0 Å². The Bertz CT molecular complexity index is 923. The molecular weight excluding hydrogens is 1270 g/mol. The highest BCUT2D eigenvalue weighted by atomic mass is 127. The summed E-state index contributed by atoms with van der Waals surface area (Å²) in [4.78, 5) is 11.2. The highest BCUT2D eigenvalue weighted by Crippen LogP contribution is 2.46. The van der Waals surface area contributed by atoms with Crippen molar-refractivity contribution in [1.82, 2.24) is 0 Å². The van der Waals surface area contributed by atoms with Gasteiger partial charge in [-0.3, -0.25) is 4.79 Å². The number of aliphatic carboxylic acids is 1. The number of rotatable bonds is 5. The predicted octanol–water partition coefficient (Wildman–Crippen LogP) is 6.98. The molecule has 2 rings (SSSR count). The maximum atomic E-state index is 11.2. The standard InChI is InChI=1S/C15H7I8NO4/c16-4-2(1-3(24)15(26)27)5(17)9(21)13(8(4)20)28-14-10(22)6(18)12(25)7(19)11(14)23/h3,25H,1,24H2,(H,26,27). The van der Waals surface area contributed by atoms with E-state index in [-0.39, 0.29) is 12.2 Å². The second-order valence-corrected chi connectivity index (χ2v) is 13.9. The quantitative estimate of drug-likeness (QED) is 0.222. The fourth-order valence-electron chi connectivity index (χ4n) is 2.02. The molecule has 13 heteroatoms. The van der Waals surface area contributed by atoms with Gasteiger partial charge >= 0.3 is 5.97 Å². The number of carboxylic acids is 1. The zero-order chi connectivity index (χ0) is 21.5. The smallest absolute Gasteiger partial charge is 0.320 e. The molecular formula is C15H7I8NO4. The SMILES string of the molecule is NC(Cc1c(I)c(I)c(Oc2c(I)c(I)c(O)c(I)c2I)c(I)c1I)C(=O)O. The van der Waals surface area contributed by atoms with Crippen molar-refractivity contribution in [3.8, 4) is 17.2 Å². The van der Waals surface area contributed by atoms with Gasteiger partial charge in [-0.15, -0.1) is 0 Å². The second kappa shape index (κ2) is 11.6. The van der Waals surface area contributed by atoms with Crippen LogP contribution in [0.4, 0.5) is 0 Å². The number of ether oxygens (including phenoxy) is 1. The maximum Gasteiger partial charge on any atom is 0.320 e. The number of aromatic hydroxyl groups is 1. The summed E-state index contributed by atoms with van der Waals surface area (Å²) in [5, 5.41) is 19.4. The number of carboxylic acid groups (broad SMARTS) is 1. The van der Waals surface area contributed by atoms with E-state index in [1.165, 1.54) is 0 Å². The minimum Gasteiger partial charge on any atom is -0.506 e. The Kier molecular flexibility index (Phi) is 11.4. The number of carbonyl (C=O) groups is 1. The summed E-state index contributed by atoms with van der Waals surface area (Å²) in [6.07, 6.45) is 0.252. The summed E-state index contributed by atoms with van der Waals surface area (Å²) < 4.78 is 13.2. The van der Waals surface area contributed by atoms with Gasteiger partial charge in [0.2, 0.25) is 0 Å². The number of halogens is 8. The molecule has 4 N–H and O–H groups in total. The lowest BCUT2D eigenvalue weighted by Gasteiger charge is -2.20. The van der Waals surface area contributed by atoms with Crippen molar-refractivity contribution in [3.63, 3.8) is 0 Å². The largest absolute Gasteiger partial charge is 0.506 e. The van der Waals surface area contributed by atoms with Crippen molar-refractivity contribution in [3.05, 3.63) is 34.1 Å². The van der Waals surface area contributed by atoms with Crippen LogP contribution < -0.4 is 10.5 Å². The molecule has 0 radical (unpaired) electrons. The maximum absolute atomic E-state index is 11.2. The molecule has 28 heavy (non-hydrogen) atoms. The van der Waals surface area contributed by atoms with E-state index >= 15 is 0 Å². The molecule has 0 heterocycles. The molecule has 0 saturated heterocycles. The lowest BCUT2D eigenvalue weighted by atomic mass is 10.1. The van der Waals surface area contributed by atoms with Gasteiger partial charge in [-0.05, 0) is 186 Å². The van der Waals surface area contributed by atoms with Crippen molar-refractivity contribution in [2.24, 2.45) is 5.73 Å². The third-order valence-corrected chi connectivity index (χ3v) is 16.2. The number of benzene rings is 2. The summed E-state index contributed by atoms with van der Waals surface area (Å²) in [6, 6.07) is -0.956. The van der Waals surface area contributed by atoms with Crippen molar-refractivity contribution in [2.45, 2.75) is 12.5 Å². The Morgan fingerprint density at radius 3 is 1.50 bits per heavy atom. The van der Waals surface area contributed by atoms with Crippen LogP contribution in [-0.2, 0) is 11.2 Å². The van der Waals surface area contributed by atoms with Crippen LogP contribution in [-0.4, -0.2) is 22.2 Å². The van der Waals surface area contributed by atoms with Crippen LogP contribution in [0.2, 0.25) is 0 Å². The first-order valence-corrected chi connectivity index (χ1v) is 15.6. The van der Waals surface area contributed by atoms with Crippen molar-refractivity contribution in [1.29, 1.82) is 0 Å². The Morgan fingerprint density at radius 1 is 0.786 bits per heavy atom. The molecule has 5 nitrogen and oxygen atoms in total. The lowest BCUT2D eigenvalue weighted by molar-refractivity contribution is -0.138. The highest BCUT2D eigenvalue weighted by molar-refractivity contribution is 14.1. The van der Waals surface area contributed by atoms with E-state index in [0.717, 1.165) is 39.9 Å². The first-order chi connectivity index (χ1) is 12.9. The molecule has 0 fully saturated rings. The summed E-state index contributed by atoms with van der Waals surface area (Å²) in [5.74, 6) is 0.657. The second-order valence-electron chi connectivity index (χ2n) is 5.25. The number of nitrogens with two attached hydrogens (primary N) is 1. The van der Waals surface area contributed by atoms with Gasteiger partial charge in [0, 0.05) is 13.6 Å². The van der Waals surface area contributed by atoms with Crippen LogP contribution in [0.25, 0.3) is 0 Å². The molecule has 0 bridgehead atoms. The molecule has 0 aliphatic rings. The van der Waals surface area contributed by atoms with Gasteiger partial charge in [0.15, 0.2) is 11.5 Å². The first-order valence-electron chi connectivity index (χ1n) is 6.96. The topological polar surface area (TPSA) is 92.8 Å². The van der Waals surface area contributed by atoms with Gasteiger partial charge < -0.3 is 20.7 Å². The molecule has 152 valence electrons. The number of phenolic OH excluding ortho intramolecular Hbond substituents is 1. The average molecular weight is 1280 g/mol. The van der Waals surface area contributed by atoms with Crippen molar-refractivity contribution in [2.75, 3.05) is 0 Å². The molecule has 0 amide bonds. The highest BCUT2D eigenvalue weighted by Gasteiger charge is 2.26. The number of phenols is 1.